The van der Waals surface area contributed by atoms with E-state index < -0.39 is 0 Å². The molecule has 92 valence electrons. The van der Waals surface area contributed by atoms with Crippen molar-refractivity contribution in [2.75, 3.05) is 20.0 Å². The van der Waals surface area contributed by atoms with Gasteiger partial charge >= 0.3 is 0 Å². The summed E-state index contributed by atoms with van der Waals surface area (Å²) in [5.74, 6) is -0.0801. The minimum absolute atomic E-state index is 0.112. The van der Waals surface area contributed by atoms with Crippen molar-refractivity contribution in [3.63, 3.8) is 0 Å². The Kier molecular flexibility index (Phi) is 5.16. The van der Waals surface area contributed by atoms with Crippen molar-refractivity contribution in [3.8, 4) is 0 Å². The van der Waals surface area contributed by atoms with Crippen molar-refractivity contribution in [1.82, 2.24) is 4.90 Å². The van der Waals surface area contributed by atoms with Gasteiger partial charge in [-0.05, 0) is 30.7 Å². The second kappa shape index (κ2) is 6.40. The summed E-state index contributed by atoms with van der Waals surface area (Å²) < 4.78 is 12.8. The summed E-state index contributed by atoms with van der Waals surface area (Å²) in [7, 11) is 3.68. The zero-order valence-corrected chi connectivity index (χ0v) is 10.7. The molecule has 1 rings (SSSR count). The first-order valence-electron chi connectivity index (χ1n) is 5.28. The Balaban J connectivity index is 2.95. The summed E-state index contributed by atoms with van der Waals surface area (Å²) in [4.78, 5) is 13.9. The van der Waals surface area contributed by atoms with E-state index in [2.05, 4.69) is 0 Å². The van der Waals surface area contributed by atoms with E-state index in [0.717, 1.165) is 0 Å². The van der Waals surface area contributed by atoms with Gasteiger partial charge in [0.15, 0.2) is 5.78 Å². The molecule has 0 aliphatic carbocycles. The fourth-order valence-corrected chi connectivity index (χ4v) is 1.64. The number of nitrogens with zero attached hydrogens (tertiary/aromatic N) is 1. The number of rotatable bonds is 5. The summed E-state index contributed by atoms with van der Waals surface area (Å²) in [5.41, 5.74) is 1.10. The van der Waals surface area contributed by atoms with Crippen LogP contribution in [0.15, 0.2) is 36.0 Å². The lowest BCUT2D eigenvalue weighted by atomic mass is 10.0. The van der Waals surface area contributed by atoms with Crippen molar-refractivity contribution in [2.45, 2.75) is 6.42 Å². The topological polar surface area (TPSA) is 20.3 Å². The van der Waals surface area contributed by atoms with Crippen LogP contribution in [0, 0.1) is 5.82 Å². The summed E-state index contributed by atoms with van der Waals surface area (Å²) in [6.45, 7) is 0. The molecule has 2 nitrogen and oxygen atoms in total. The predicted molar refractivity (Wildman–Crippen MR) is 67.8 cm³/mol. The number of hydrogen-bond donors (Lipinski definition) is 0. The quantitative estimate of drug-likeness (QED) is 0.458. The molecule has 0 spiro atoms. The molecule has 0 atom stereocenters. The van der Waals surface area contributed by atoms with Crippen molar-refractivity contribution >= 4 is 17.4 Å². The Morgan fingerprint density at radius 2 is 1.94 bits per heavy atom. The van der Waals surface area contributed by atoms with E-state index in [1.54, 1.807) is 11.1 Å². The minimum Gasteiger partial charge on any atom is -0.383 e. The third kappa shape index (κ3) is 4.19. The molecule has 0 radical (unpaired) electrons. The van der Waals surface area contributed by atoms with Gasteiger partial charge in [0, 0.05) is 37.3 Å². The highest BCUT2D eigenvalue weighted by Gasteiger charge is 2.12. The highest BCUT2D eigenvalue weighted by molar-refractivity contribution is 6.18. The molecule has 1 aromatic rings. The van der Waals surface area contributed by atoms with Crippen LogP contribution in [0.4, 0.5) is 4.39 Å². The number of benzene rings is 1. The largest absolute Gasteiger partial charge is 0.383 e. The van der Waals surface area contributed by atoms with Crippen LogP contribution in [0.3, 0.4) is 0 Å². The highest BCUT2D eigenvalue weighted by atomic mass is 35.5. The van der Waals surface area contributed by atoms with Crippen molar-refractivity contribution in [2.24, 2.45) is 0 Å². The fourth-order valence-electron chi connectivity index (χ4n) is 1.44. The molecule has 0 aromatic heterocycles. The van der Waals surface area contributed by atoms with Crippen molar-refractivity contribution in [3.05, 3.63) is 47.4 Å². The van der Waals surface area contributed by atoms with Gasteiger partial charge in [-0.3, -0.25) is 4.79 Å². The maximum absolute atomic E-state index is 12.8. The second-order valence-corrected chi connectivity index (χ2v) is 4.27. The Morgan fingerprint density at radius 1 is 1.35 bits per heavy atom. The van der Waals surface area contributed by atoms with E-state index in [9.17, 15) is 9.18 Å². The van der Waals surface area contributed by atoms with Gasteiger partial charge in [0.05, 0.1) is 0 Å². The molecule has 4 heteroatoms. The van der Waals surface area contributed by atoms with Crippen LogP contribution in [-0.4, -0.2) is 30.7 Å². The molecule has 1 aromatic carbocycles. The lowest BCUT2D eigenvalue weighted by molar-refractivity contribution is 0.103. The van der Waals surface area contributed by atoms with Gasteiger partial charge in [0.1, 0.15) is 5.82 Å². The standard InChI is InChI=1S/C13H15ClFNO/c1-16(2)9-11(7-8-14)13(17)10-3-5-12(15)6-4-10/h3-6,9H,7-8H2,1-2H3/b11-9+. The molecule has 0 aliphatic heterocycles. The number of carbonyl (C=O) groups is 1. The Labute approximate surface area is 106 Å². The Bertz CT molecular complexity index is 412. The van der Waals surface area contributed by atoms with Crippen molar-refractivity contribution < 1.29 is 9.18 Å². The molecular formula is C13H15ClFNO. The molecule has 0 amide bonds. The molecule has 0 saturated heterocycles. The van der Waals surface area contributed by atoms with Crippen LogP contribution in [0.1, 0.15) is 16.8 Å². The van der Waals surface area contributed by atoms with Gasteiger partial charge < -0.3 is 4.90 Å². The number of hydrogen-bond acceptors (Lipinski definition) is 2. The van der Waals surface area contributed by atoms with Crippen LogP contribution in [0.5, 0.6) is 0 Å². The van der Waals surface area contributed by atoms with E-state index >= 15 is 0 Å². The van der Waals surface area contributed by atoms with Crippen LogP contribution >= 0.6 is 11.6 Å². The number of ketones is 1. The molecule has 0 heterocycles. The first kappa shape index (κ1) is 13.7. The molecule has 0 bridgehead atoms. The van der Waals surface area contributed by atoms with Gasteiger partial charge in [0.2, 0.25) is 0 Å². The molecular weight excluding hydrogens is 241 g/mol. The van der Waals surface area contributed by atoms with Gasteiger partial charge in [-0.15, -0.1) is 11.6 Å². The lowest BCUT2D eigenvalue weighted by Gasteiger charge is -2.10. The van der Waals surface area contributed by atoms with Crippen LogP contribution < -0.4 is 0 Å². The minimum atomic E-state index is -0.350. The molecule has 0 fully saturated rings. The summed E-state index contributed by atoms with van der Waals surface area (Å²) in [6.07, 6.45) is 2.24. The zero-order chi connectivity index (χ0) is 12.8. The van der Waals surface area contributed by atoms with Gasteiger partial charge in [-0.1, -0.05) is 0 Å². The third-order valence-electron chi connectivity index (χ3n) is 2.18. The van der Waals surface area contributed by atoms with Crippen molar-refractivity contribution in [1.29, 1.82) is 0 Å². The van der Waals surface area contributed by atoms with Gasteiger partial charge in [-0.25, -0.2) is 4.39 Å². The molecule has 0 unspecified atom stereocenters. The summed E-state index contributed by atoms with van der Waals surface area (Å²) in [6, 6.07) is 5.52. The van der Waals surface area contributed by atoms with E-state index in [0.29, 0.717) is 23.4 Å². The third-order valence-corrected chi connectivity index (χ3v) is 2.36. The van der Waals surface area contributed by atoms with E-state index in [-0.39, 0.29) is 11.6 Å². The number of allylic oxidation sites excluding steroid dienone is 1. The van der Waals surface area contributed by atoms with Crippen LogP contribution in [-0.2, 0) is 0 Å². The first-order chi connectivity index (χ1) is 8.04. The molecule has 0 aliphatic rings. The lowest BCUT2D eigenvalue weighted by Crippen LogP contribution is -2.10. The smallest absolute Gasteiger partial charge is 0.190 e. The van der Waals surface area contributed by atoms with Gasteiger partial charge in [0.25, 0.3) is 0 Å². The highest BCUT2D eigenvalue weighted by Crippen LogP contribution is 2.13. The number of halogens is 2. The second-order valence-electron chi connectivity index (χ2n) is 3.89. The zero-order valence-electron chi connectivity index (χ0n) is 9.91. The number of Topliss-reactive ketones (excluding diaryl/α,β-unsaturated/α-hetero) is 1. The fraction of sp³-hybridized carbons (Fsp3) is 0.308. The van der Waals surface area contributed by atoms with Gasteiger partial charge in [-0.2, -0.15) is 0 Å². The first-order valence-corrected chi connectivity index (χ1v) is 5.81. The molecule has 0 N–H and O–H groups in total. The Hall–Kier alpha value is -1.35. The number of carbonyl (C=O) groups excluding carboxylic acids is 1. The summed E-state index contributed by atoms with van der Waals surface area (Å²) in [5, 5.41) is 0. The molecule has 0 saturated carbocycles. The molecule has 17 heavy (non-hydrogen) atoms. The average molecular weight is 256 g/mol. The maximum Gasteiger partial charge on any atom is 0.190 e. The monoisotopic (exact) mass is 255 g/mol. The maximum atomic E-state index is 12.8. The van der Waals surface area contributed by atoms with Crippen LogP contribution in [0.25, 0.3) is 0 Å². The SMILES string of the molecule is CN(C)/C=C(\CCCl)C(=O)c1ccc(F)cc1. The Morgan fingerprint density at radius 3 is 2.41 bits per heavy atom. The predicted octanol–water partition coefficient (Wildman–Crippen LogP) is 3.08. The van der Waals surface area contributed by atoms with Crippen LogP contribution in [0.2, 0.25) is 0 Å². The average Bonchev–Trinajstić information content (AvgIpc) is 2.28. The summed E-state index contributed by atoms with van der Waals surface area (Å²) >= 11 is 5.66. The van der Waals surface area contributed by atoms with E-state index in [1.165, 1.54) is 24.3 Å². The number of alkyl halides is 1. The normalized spacial score (nSPS) is 11.4. The van der Waals surface area contributed by atoms with E-state index in [4.69, 9.17) is 11.6 Å². The van der Waals surface area contributed by atoms with E-state index in [1.807, 2.05) is 14.1 Å².